The minimum Gasteiger partial charge on any atom is -0.353 e. The maximum atomic E-state index is 13.9. The van der Waals surface area contributed by atoms with Crippen LogP contribution in [0.1, 0.15) is 29.0 Å². The molecule has 0 aliphatic heterocycles. The molecule has 2 unspecified atom stereocenters. The lowest BCUT2D eigenvalue weighted by atomic mass is 10.1. The van der Waals surface area contributed by atoms with E-state index in [0.29, 0.717) is 22.6 Å². The second-order valence-electron chi connectivity index (χ2n) is 7.02. The summed E-state index contributed by atoms with van der Waals surface area (Å²) in [6, 6.07) is 10.8. The van der Waals surface area contributed by atoms with Crippen LogP contribution in [0.25, 0.3) is 0 Å². The average molecular weight is 407 g/mol. The number of hydrogen-bond donors (Lipinski definition) is 2. The fraction of sp³-hybridized carbons (Fsp3) is 0.350. The smallest absolute Gasteiger partial charge is 0.191 e. The molecule has 1 aliphatic carbocycles. The molecular weight excluding hydrogens is 384 g/mol. The molecule has 0 aromatic heterocycles. The van der Waals surface area contributed by atoms with Crippen molar-refractivity contribution in [2.45, 2.75) is 30.7 Å². The molecule has 1 fully saturated rings. The summed E-state index contributed by atoms with van der Waals surface area (Å²) in [5.74, 6) is -0.231. The van der Waals surface area contributed by atoms with Crippen molar-refractivity contribution in [2.75, 3.05) is 13.3 Å². The number of nitrogens with one attached hydrogen (secondary N) is 2. The van der Waals surface area contributed by atoms with Gasteiger partial charge in [0.1, 0.15) is 11.6 Å². The van der Waals surface area contributed by atoms with Crippen molar-refractivity contribution in [3.05, 3.63) is 70.8 Å². The number of benzene rings is 2. The highest BCUT2D eigenvalue weighted by Gasteiger charge is 2.40. The van der Waals surface area contributed by atoms with E-state index < -0.39 is 15.7 Å². The molecule has 0 amide bonds. The number of rotatable bonds is 6. The summed E-state index contributed by atoms with van der Waals surface area (Å²) in [5.41, 5.74) is 1.77. The third-order valence-corrected chi connectivity index (χ3v) is 5.51. The van der Waals surface area contributed by atoms with Crippen LogP contribution in [0, 0.1) is 11.6 Å². The molecule has 3 rings (SSSR count). The van der Waals surface area contributed by atoms with Crippen LogP contribution in [0.15, 0.2) is 47.5 Å². The molecule has 5 nitrogen and oxygen atoms in total. The summed E-state index contributed by atoms with van der Waals surface area (Å²) in [7, 11) is -1.63. The topological polar surface area (TPSA) is 70.6 Å². The first-order valence-electron chi connectivity index (χ1n) is 8.93. The Morgan fingerprint density at radius 2 is 1.93 bits per heavy atom. The van der Waals surface area contributed by atoms with Crippen LogP contribution < -0.4 is 10.6 Å². The Hall–Kier alpha value is -2.48. The van der Waals surface area contributed by atoms with E-state index >= 15 is 0 Å². The van der Waals surface area contributed by atoms with Gasteiger partial charge in [-0.1, -0.05) is 24.3 Å². The molecule has 1 aliphatic rings. The van der Waals surface area contributed by atoms with Gasteiger partial charge >= 0.3 is 0 Å². The first kappa shape index (κ1) is 20.3. The van der Waals surface area contributed by atoms with Crippen LogP contribution in [0.5, 0.6) is 0 Å². The van der Waals surface area contributed by atoms with Gasteiger partial charge < -0.3 is 10.6 Å². The maximum Gasteiger partial charge on any atom is 0.191 e. The molecule has 0 saturated heterocycles. The Morgan fingerprint density at radius 1 is 1.18 bits per heavy atom. The number of halogens is 2. The van der Waals surface area contributed by atoms with E-state index in [-0.39, 0.29) is 30.1 Å². The first-order valence-corrected chi connectivity index (χ1v) is 11.0. The van der Waals surface area contributed by atoms with Crippen molar-refractivity contribution in [1.82, 2.24) is 10.6 Å². The van der Waals surface area contributed by atoms with Crippen LogP contribution in [-0.2, 0) is 22.1 Å². The van der Waals surface area contributed by atoms with Crippen LogP contribution in [0.3, 0.4) is 0 Å². The third kappa shape index (κ3) is 5.28. The van der Waals surface area contributed by atoms with Gasteiger partial charge in [0, 0.05) is 31.8 Å². The Kier molecular flexibility index (Phi) is 5.98. The van der Waals surface area contributed by atoms with Gasteiger partial charge in [-0.15, -0.1) is 0 Å². The standard InChI is InChI=1S/C20H23F2N3O2S/c1-23-20(25-19-10-17(19)16-5-3-4-6-18(16)22)24-11-14-9-15(21)8-7-13(14)12-28(2,26)27/h3-9,17,19H,10-12H2,1-2H3,(H2,23,24,25). The number of guanidine groups is 1. The molecule has 1 saturated carbocycles. The molecule has 0 heterocycles. The Balaban J connectivity index is 1.63. The maximum absolute atomic E-state index is 13.9. The number of aliphatic imine (C=N–C) groups is 1. The highest BCUT2D eigenvalue weighted by molar-refractivity contribution is 7.89. The third-order valence-electron chi connectivity index (χ3n) is 4.67. The summed E-state index contributed by atoms with van der Waals surface area (Å²) in [4.78, 5) is 4.15. The van der Waals surface area contributed by atoms with Gasteiger partial charge in [-0.05, 0) is 41.3 Å². The minimum atomic E-state index is -3.24. The van der Waals surface area contributed by atoms with E-state index in [2.05, 4.69) is 15.6 Å². The fourth-order valence-electron chi connectivity index (χ4n) is 3.21. The number of sulfone groups is 1. The van der Waals surface area contributed by atoms with Crippen LogP contribution in [-0.4, -0.2) is 33.7 Å². The molecule has 28 heavy (non-hydrogen) atoms. The Bertz CT molecular complexity index is 993. The average Bonchev–Trinajstić information content (AvgIpc) is 3.38. The van der Waals surface area contributed by atoms with E-state index in [1.54, 1.807) is 19.2 Å². The van der Waals surface area contributed by atoms with Crippen molar-refractivity contribution >= 4 is 15.8 Å². The fourth-order valence-corrected chi connectivity index (χ4v) is 4.05. The lowest BCUT2D eigenvalue weighted by Crippen LogP contribution is -2.38. The van der Waals surface area contributed by atoms with E-state index in [0.717, 1.165) is 12.7 Å². The lowest BCUT2D eigenvalue weighted by Gasteiger charge is -2.14. The molecule has 2 atom stereocenters. The zero-order chi connectivity index (χ0) is 20.3. The minimum absolute atomic E-state index is 0.0612. The first-order chi connectivity index (χ1) is 13.3. The SMILES string of the molecule is CN=C(NCc1cc(F)ccc1CS(C)(=O)=O)NC1CC1c1ccccc1F. The molecule has 0 radical (unpaired) electrons. The van der Waals surface area contributed by atoms with E-state index in [9.17, 15) is 17.2 Å². The molecule has 2 N–H and O–H groups in total. The highest BCUT2D eigenvalue weighted by atomic mass is 32.2. The van der Waals surface area contributed by atoms with Gasteiger partial charge in [0.2, 0.25) is 0 Å². The van der Waals surface area contributed by atoms with Gasteiger partial charge in [-0.2, -0.15) is 0 Å². The molecule has 2 aromatic carbocycles. The van der Waals surface area contributed by atoms with Gasteiger partial charge in [-0.3, -0.25) is 4.99 Å². The van der Waals surface area contributed by atoms with Gasteiger partial charge in [0.15, 0.2) is 15.8 Å². The van der Waals surface area contributed by atoms with Crippen LogP contribution >= 0.6 is 0 Å². The van der Waals surface area contributed by atoms with Gasteiger partial charge in [0.25, 0.3) is 0 Å². The van der Waals surface area contributed by atoms with E-state index in [1.807, 2.05) is 6.07 Å². The van der Waals surface area contributed by atoms with Crippen molar-refractivity contribution in [3.8, 4) is 0 Å². The highest BCUT2D eigenvalue weighted by Crippen LogP contribution is 2.41. The predicted molar refractivity (Wildman–Crippen MR) is 106 cm³/mol. The van der Waals surface area contributed by atoms with Crippen molar-refractivity contribution in [1.29, 1.82) is 0 Å². The Labute approximate surface area is 163 Å². The second kappa shape index (κ2) is 8.26. The molecule has 0 bridgehead atoms. The molecule has 8 heteroatoms. The Morgan fingerprint density at radius 3 is 2.61 bits per heavy atom. The summed E-state index contributed by atoms with van der Waals surface area (Å²) in [6.45, 7) is 0.222. The molecule has 2 aromatic rings. The second-order valence-corrected chi connectivity index (χ2v) is 9.16. The zero-order valence-electron chi connectivity index (χ0n) is 15.7. The van der Waals surface area contributed by atoms with Crippen LogP contribution in [0.2, 0.25) is 0 Å². The number of nitrogens with zero attached hydrogens (tertiary/aromatic N) is 1. The quantitative estimate of drug-likeness (QED) is 0.571. The van der Waals surface area contributed by atoms with Crippen molar-refractivity contribution in [2.24, 2.45) is 4.99 Å². The lowest BCUT2D eigenvalue weighted by molar-refractivity contribution is 0.599. The molecular formula is C20H23F2N3O2S. The zero-order valence-corrected chi connectivity index (χ0v) is 16.6. The molecule has 0 spiro atoms. The van der Waals surface area contributed by atoms with Gasteiger partial charge in [-0.25, -0.2) is 17.2 Å². The summed E-state index contributed by atoms with van der Waals surface area (Å²) in [6.07, 6.45) is 1.94. The summed E-state index contributed by atoms with van der Waals surface area (Å²) in [5, 5.41) is 6.31. The number of hydrogen-bond acceptors (Lipinski definition) is 3. The van der Waals surface area contributed by atoms with E-state index in [4.69, 9.17) is 0 Å². The predicted octanol–water partition coefficient (Wildman–Crippen LogP) is 2.73. The van der Waals surface area contributed by atoms with Crippen LogP contribution in [0.4, 0.5) is 8.78 Å². The van der Waals surface area contributed by atoms with Crippen molar-refractivity contribution < 1.29 is 17.2 Å². The van der Waals surface area contributed by atoms with Gasteiger partial charge in [0.05, 0.1) is 5.75 Å². The van der Waals surface area contributed by atoms with E-state index in [1.165, 1.54) is 24.3 Å². The summed E-state index contributed by atoms with van der Waals surface area (Å²) < 4.78 is 50.7. The monoisotopic (exact) mass is 407 g/mol. The largest absolute Gasteiger partial charge is 0.353 e. The summed E-state index contributed by atoms with van der Waals surface area (Å²) >= 11 is 0. The van der Waals surface area contributed by atoms with Crippen molar-refractivity contribution in [3.63, 3.8) is 0 Å². The normalized spacial score (nSPS) is 19.4. The molecule has 150 valence electrons.